The molecule has 11 heteroatoms. The lowest BCUT2D eigenvalue weighted by molar-refractivity contribution is 0.361. The summed E-state index contributed by atoms with van der Waals surface area (Å²) in [4.78, 5) is 10.9. The maximum Gasteiger partial charge on any atom is 0.253 e. The molecule has 1 aromatic carbocycles. The molecule has 4 rings (SSSR count). The zero-order valence-corrected chi connectivity index (χ0v) is 16.4. The van der Waals surface area contributed by atoms with E-state index in [0.29, 0.717) is 17.5 Å². The summed E-state index contributed by atoms with van der Waals surface area (Å²) in [6, 6.07) is 12.0. The van der Waals surface area contributed by atoms with Gasteiger partial charge in [-0.25, -0.2) is 9.67 Å². The first-order valence-corrected chi connectivity index (χ1v) is 8.87. The number of rotatable bonds is 6. The van der Waals surface area contributed by atoms with E-state index in [4.69, 9.17) is 0 Å². The summed E-state index contributed by atoms with van der Waals surface area (Å²) < 4.78 is 3.48. The number of nitrogens with zero attached hydrogens (tertiary/aromatic N) is 9. The molecular weight excluding hydrogens is 386 g/mol. The zero-order valence-electron chi connectivity index (χ0n) is 14.8. The Morgan fingerprint density at radius 1 is 1.15 bits per heavy atom. The van der Waals surface area contributed by atoms with Gasteiger partial charge in [0.1, 0.15) is 11.4 Å². The van der Waals surface area contributed by atoms with Crippen molar-refractivity contribution in [1.82, 2.24) is 44.7 Å². The van der Waals surface area contributed by atoms with Crippen molar-refractivity contribution in [2.75, 3.05) is 20.6 Å². The molecule has 0 radical (unpaired) electrons. The molecule has 27 heavy (non-hydrogen) atoms. The molecule has 0 aliphatic heterocycles. The van der Waals surface area contributed by atoms with Crippen molar-refractivity contribution in [3.05, 3.63) is 42.7 Å². The van der Waals surface area contributed by atoms with Gasteiger partial charge < -0.3 is 4.90 Å². The van der Waals surface area contributed by atoms with Crippen LogP contribution in [0.1, 0.15) is 0 Å². The Morgan fingerprint density at radius 2 is 1.96 bits per heavy atom. The normalized spacial score (nSPS) is 11.1. The number of fused-ring (bicyclic) bond motifs is 1. The van der Waals surface area contributed by atoms with Crippen LogP contribution in [0.2, 0.25) is 0 Å². The van der Waals surface area contributed by atoms with Gasteiger partial charge in [-0.2, -0.15) is 14.6 Å². The van der Waals surface area contributed by atoms with Gasteiger partial charge in [0.15, 0.2) is 0 Å². The summed E-state index contributed by atoms with van der Waals surface area (Å²) in [5.41, 5.74) is 1.85. The number of hydrogen-bond donors (Lipinski definition) is 0. The van der Waals surface area contributed by atoms with Gasteiger partial charge in [0.2, 0.25) is 5.16 Å². The highest BCUT2D eigenvalue weighted by molar-refractivity contribution is 7.99. The number of likely N-dealkylation sites (N-methyl/N-ethyl adjacent to an activating group) is 1. The summed E-state index contributed by atoms with van der Waals surface area (Å²) in [6.07, 6.45) is 1.50. The van der Waals surface area contributed by atoms with E-state index in [1.165, 1.54) is 18.1 Å². The second kappa shape index (κ2) is 8.42. The highest BCUT2D eigenvalue weighted by Gasteiger charge is 2.14. The smallest absolute Gasteiger partial charge is 0.253 e. The Kier molecular flexibility index (Phi) is 5.99. The van der Waals surface area contributed by atoms with Crippen molar-refractivity contribution in [3.63, 3.8) is 0 Å². The van der Waals surface area contributed by atoms with Crippen molar-refractivity contribution in [2.24, 2.45) is 0 Å². The van der Waals surface area contributed by atoms with E-state index >= 15 is 0 Å². The molecular formula is C16H18ClN9S. The van der Waals surface area contributed by atoms with Crippen LogP contribution in [0.15, 0.2) is 52.9 Å². The van der Waals surface area contributed by atoms with Gasteiger partial charge in [0.05, 0.1) is 12.2 Å². The summed E-state index contributed by atoms with van der Waals surface area (Å²) in [6.45, 7) is 1.56. The predicted octanol–water partition coefficient (Wildman–Crippen LogP) is 1.91. The molecule has 0 bridgehead atoms. The third kappa shape index (κ3) is 4.24. The third-order valence-corrected chi connectivity index (χ3v) is 4.72. The number of aromatic nitrogens is 8. The van der Waals surface area contributed by atoms with E-state index in [1.54, 1.807) is 9.20 Å². The molecule has 3 aromatic heterocycles. The number of halogens is 1. The quantitative estimate of drug-likeness (QED) is 0.451. The molecule has 0 saturated carbocycles. The first-order valence-electron chi connectivity index (χ1n) is 8.05. The van der Waals surface area contributed by atoms with Gasteiger partial charge in [0.25, 0.3) is 5.78 Å². The van der Waals surface area contributed by atoms with E-state index in [2.05, 4.69) is 35.5 Å². The van der Waals surface area contributed by atoms with E-state index < -0.39 is 0 Å². The van der Waals surface area contributed by atoms with Crippen molar-refractivity contribution in [2.45, 2.75) is 16.7 Å². The van der Waals surface area contributed by atoms with E-state index in [0.717, 1.165) is 22.8 Å². The molecule has 0 aliphatic carbocycles. The van der Waals surface area contributed by atoms with Crippen LogP contribution in [0.4, 0.5) is 0 Å². The lowest BCUT2D eigenvalue weighted by Gasteiger charge is -2.10. The third-order valence-electron chi connectivity index (χ3n) is 3.74. The van der Waals surface area contributed by atoms with E-state index in [-0.39, 0.29) is 12.4 Å². The minimum atomic E-state index is 0. The lowest BCUT2D eigenvalue weighted by atomic mass is 10.1. The second-order valence-electron chi connectivity index (χ2n) is 5.91. The zero-order chi connectivity index (χ0) is 17.9. The van der Waals surface area contributed by atoms with Crippen LogP contribution >= 0.6 is 24.2 Å². The molecule has 0 N–H and O–H groups in total. The Labute approximate surface area is 166 Å². The highest BCUT2D eigenvalue weighted by Crippen LogP contribution is 2.28. The Hall–Kier alpha value is -2.56. The van der Waals surface area contributed by atoms with Gasteiger partial charge in [-0.3, -0.25) is 0 Å². The van der Waals surface area contributed by atoms with Gasteiger partial charge in [-0.05, 0) is 42.4 Å². The number of tetrazole rings is 1. The van der Waals surface area contributed by atoms with Crippen LogP contribution in [-0.4, -0.2) is 65.3 Å². The van der Waals surface area contributed by atoms with Crippen LogP contribution in [0.5, 0.6) is 0 Å². The summed E-state index contributed by atoms with van der Waals surface area (Å²) >= 11 is 1.44. The molecule has 0 saturated heterocycles. The average Bonchev–Trinajstić information content (AvgIpc) is 3.29. The van der Waals surface area contributed by atoms with Crippen molar-refractivity contribution in [3.8, 4) is 11.3 Å². The molecule has 0 atom stereocenters. The monoisotopic (exact) mass is 403 g/mol. The van der Waals surface area contributed by atoms with Crippen LogP contribution in [0.3, 0.4) is 0 Å². The molecule has 3 heterocycles. The minimum absolute atomic E-state index is 0. The average molecular weight is 404 g/mol. The van der Waals surface area contributed by atoms with Crippen LogP contribution in [-0.2, 0) is 6.54 Å². The van der Waals surface area contributed by atoms with Gasteiger partial charge in [-0.15, -0.1) is 17.5 Å². The molecule has 0 amide bonds. The van der Waals surface area contributed by atoms with Crippen molar-refractivity contribution in [1.29, 1.82) is 0 Å². The largest absolute Gasteiger partial charge is 0.308 e. The SMILES string of the molecule is CN(C)CCn1nnnc1Sc1cc(-c2ccccc2)nc2ncnn12.Cl. The first kappa shape index (κ1) is 19.2. The van der Waals surface area contributed by atoms with Crippen LogP contribution in [0, 0.1) is 0 Å². The van der Waals surface area contributed by atoms with Crippen LogP contribution < -0.4 is 0 Å². The predicted molar refractivity (Wildman–Crippen MR) is 104 cm³/mol. The highest BCUT2D eigenvalue weighted by atomic mass is 35.5. The minimum Gasteiger partial charge on any atom is -0.308 e. The lowest BCUT2D eigenvalue weighted by Crippen LogP contribution is -2.19. The maximum atomic E-state index is 4.59. The van der Waals surface area contributed by atoms with Crippen LogP contribution in [0.25, 0.3) is 17.0 Å². The topological polar surface area (TPSA) is 89.9 Å². The van der Waals surface area contributed by atoms with E-state index in [9.17, 15) is 0 Å². The molecule has 0 unspecified atom stereocenters. The summed E-state index contributed by atoms with van der Waals surface area (Å²) in [5.74, 6) is 0.543. The standard InChI is InChI=1S/C16H17N9S.ClH/c1-23(2)8-9-24-16(20-21-22-24)26-14-10-13(12-6-4-3-5-7-12)19-15-17-11-18-25(14)15;/h3-7,10-11H,8-9H2,1-2H3;1H. The Balaban J connectivity index is 0.00000210. The summed E-state index contributed by atoms with van der Waals surface area (Å²) in [5, 5.41) is 17.9. The fraction of sp³-hybridized carbons (Fsp3) is 0.250. The first-order chi connectivity index (χ1) is 12.7. The molecule has 140 valence electrons. The van der Waals surface area contributed by atoms with Crippen molar-refractivity contribution >= 4 is 29.9 Å². The molecule has 9 nitrogen and oxygen atoms in total. The van der Waals surface area contributed by atoms with E-state index in [1.807, 2.05) is 50.5 Å². The van der Waals surface area contributed by atoms with Gasteiger partial charge >= 0.3 is 0 Å². The van der Waals surface area contributed by atoms with Gasteiger partial charge in [0, 0.05) is 12.1 Å². The molecule has 0 spiro atoms. The van der Waals surface area contributed by atoms with Crippen molar-refractivity contribution < 1.29 is 0 Å². The Morgan fingerprint density at radius 3 is 2.74 bits per heavy atom. The molecule has 4 aromatic rings. The van der Waals surface area contributed by atoms with Gasteiger partial charge in [-0.1, -0.05) is 30.3 Å². The summed E-state index contributed by atoms with van der Waals surface area (Å²) in [7, 11) is 4.04. The second-order valence-corrected chi connectivity index (χ2v) is 6.89. The maximum absolute atomic E-state index is 4.59. The molecule has 0 aliphatic rings. The Bertz CT molecular complexity index is 1020. The number of benzene rings is 1. The fourth-order valence-electron chi connectivity index (χ4n) is 2.41. The number of hydrogen-bond acceptors (Lipinski definition) is 8. The fourth-order valence-corrected chi connectivity index (χ4v) is 3.30. The molecule has 0 fully saturated rings.